The summed E-state index contributed by atoms with van der Waals surface area (Å²) in [5.74, 6) is 0.257. The average Bonchev–Trinajstić information content (AvgIpc) is 2.53. The third kappa shape index (κ3) is 4.88. The number of piperidine rings is 1. The van der Waals surface area contributed by atoms with Gasteiger partial charge in [0, 0.05) is 19.6 Å². The first-order valence-corrected chi connectivity index (χ1v) is 8.09. The van der Waals surface area contributed by atoms with E-state index in [1.54, 1.807) is 17.0 Å². The van der Waals surface area contributed by atoms with E-state index in [2.05, 4.69) is 5.32 Å². The lowest BCUT2D eigenvalue weighted by atomic mass is 9.90. The molecule has 1 aromatic carbocycles. The zero-order chi connectivity index (χ0) is 16.9. The zero-order valence-corrected chi connectivity index (χ0v) is 13.3. The molecule has 2 rings (SSSR count). The van der Waals surface area contributed by atoms with Gasteiger partial charge in [-0.25, -0.2) is 4.79 Å². The molecule has 1 N–H and O–H groups in total. The highest BCUT2D eigenvalue weighted by Gasteiger charge is 2.33. The molecule has 0 spiro atoms. The maximum absolute atomic E-state index is 13.0. The average molecular weight is 328 g/mol. The summed E-state index contributed by atoms with van der Waals surface area (Å²) in [6.07, 6.45) is -1.38. The molecule has 6 heteroatoms. The van der Waals surface area contributed by atoms with Gasteiger partial charge < -0.3 is 10.2 Å². The minimum absolute atomic E-state index is 0.0760. The van der Waals surface area contributed by atoms with E-state index in [0.717, 1.165) is 25.5 Å². The van der Waals surface area contributed by atoms with Crippen LogP contribution in [0.2, 0.25) is 0 Å². The van der Waals surface area contributed by atoms with Crippen molar-refractivity contribution in [1.29, 1.82) is 0 Å². The second-order valence-electron chi connectivity index (χ2n) is 5.98. The minimum Gasteiger partial charge on any atom is -0.338 e. The Bertz CT molecular complexity index is 531. The quantitative estimate of drug-likeness (QED) is 0.887. The minimum atomic E-state index is -4.31. The molecule has 1 aromatic rings. The van der Waals surface area contributed by atoms with E-state index in [1.165, 1.54) is 6.07 Å². The number of nitrogens with one attached hydrogen (secondary N) is 1. The normalized spacial score (nSPS) is 18.8. The fourth-order valence-corrected chi connectivity index (χ4v) is 3.12. The van der Waals surface area contributed by atoms with E-state index < -0.39 is 11.7 Å². The molecular weight excluding hydrogens is 305 g/mol. The van der Waals surface area contributed by atoms with Gasteiger partial charge in [0.15, 0.2) is 0 Å². The first-order valence-electron chi connectivity index (χ1n) is 8.09. The van der Waals surface area contributed by atoms with E-state index in [-0.39, 0.29) is 11.9 Å². The van der Waals surface area contributed by atoms with Gasteiger partial charge in [-0.3, -0.25) is 0 Å². The molecule has 0 radical (unpaired) electrons. The number of alkyl halides is 3. The predicted octanol–water partition coefficient (Wildman–Crippen LogP) is 4.08. The number of urea groups is 1. The summed E-state index contributed by atoms with van der Waals surface area (Å²) in [4.78, 5) is 13.6. The van der Waals surface area contributed by atoms with Crippen molar-refractivity contribution >= 4 is 6.03 Å². The van der Waals surface area contributed by atoms with Crippen molar-refractivity contribution in [3.63, 3.8) is 0 Å². The monoisotopic (exact) mass is 328 g/mol. The number of amides is 2. The molecule has 0 bridgehead atoms. The van der Waals surface area contributed by atoms with Crippen LogP contribution < -0.4 is 5.32 Å². The molecule has 1 atom stereocenters. The van der Waals surface area contributed by atoms with E-state index in [4.69, 9.17) is 0 Å². The first-order chi connectivity index (χ1) is 10.9. The number of benzene rings is 1. The topological polar surface area (TPSA) is 32.3 Å². The van der Waals surface area contributed by atoms with Gasteiger partial charge in [0.25, 0.3) is 0 Å². The summed E-state index contributed by atoms with van der Waals surface area (Å²) < 4.78 is 39.0. The van der Waals surface area contributed by atoms with Gasteiger partial charge in [0.05, 0.1) is 5.56 Å². The maximum atomic E-state index is 13.0. The van der Waals surface area contributed by atoms with Crippen molar-refractivity contribution in [2.45, 2.75) is 38.8 Å². The highest BCUT2D eigenvalue weighted by Crippen LogP contribution is 2.33. The molecule has 0 saturated carbocycles. The molecule has 128 valence electrons. The number of carbonyl (C=O) groups is 1. The maximum Gasteiger partial charge on any atom is 0.416 e. The van der Waals surface area contributed by atoms with Crippen LogP contribution in [-0.4, -0.2) is 30.6 Å². The lowest BCUT2D eigenvalue weighted by Crippen LogP contribution is -2.45. The van der Waals surface area contributed by atoms with Gasteiger partial charge in [-0.15, -0.1) is 0 Å². The van der Waals surface area contributed by atoms with Crippen LogP contribution in [-0.2, 0) is 12.6 Å². The van der Waals surface area contributed by atoms with Gasteiger partial charge in [-0.05, 0) is 50.2 Å². The van der Waals surface area contributed by atoms with Crippen LogP contribution in [0, 0.1) is 5.92 Å². The van der Waals surface area contributed by atoms with Crippen LogP contribution in [0.25, 0.3) is 0 Å². The van der Waals surface area contributed by atoms with Gasteiger partial charge in [0.1, 0.15) is 0 Å². The molecule has 1 heterocycles. The van der Waals surface area contributed by atoms with Crippen LogP contribution in [0.1, 0.15) is 37.3 Å². The molecule has 0 aromatic heterocycles. The van der Waals surface area contributed by atoms with Crippen LogP contribution in [0.4, 0.5) is 18.0 Å². The van der Waals surface area contributed by atoms with Crippen LogP contribution in [0.15, 0.2) is 24.3 Å². The lowest BCUT2D eigenvalue weighted by Gasteiger charge is -2.33. The number of nitrogens with zero attached hydrogens (tertiary/aromatic N) is 1. The van der Waals surface area contributed by atoms with Gasteiger partial charge in [0.2, 0.25) is 0 Å². The van der Waals surface area contributed by atoms with E-state index in [9.17, 15) is 18.0 Å². The Kier molecular flexibility index (Phi) is 5.91. The van der Waals surface area contributed by atoms with Crippen molar-refractivity contribution < 1.29 is 18.0 Å². The summed E-state index contributed by atoms with van der Waals surface area (Å²) >= 11 is 0. The summed E-state index contributed by atoms with van der Waals surface area (Å²) in [6, 6.07) is 5.67. The largest absolute Gasteiger partial charge is 0.416 e. The molecule has 3 nitrogen and oxygen atoms in total. The SMILES string of the molecule is CCNC(=O)N1CCCC(CCc2ccccc2C(F)(F)F)C1. The number of carbonyl (C=O) groups excluding carboxylic acids is 1. The Hall–Kier alpha value is -1.72. The number of aryl methyl sites for hydroxylation is 1. The van der Waals surface area contributed by atoms with Gasteiger partial charge in [-0.1, -0.05) is 18.2 Å². The Morgan fingerprint density at radius 1 is 1.35 bits per heavy atom. The molecule has 1 aliphatic rings. The summed E-state index contributed by atoms with van der Waals surface area (Å²) in [5.41, 5.74) is -0.202. The molecule has 1 unspecified atom stereocenters. The highest BCUT2D eigenvalue weighted by molar-refractivity contribution is 5.74. The van der Waals surface area contributed by atoms with Crippen molar-refractivity contribution in [2.75, 3.05) is 19.6 Å². The Balaban J connectivity index is 1.95. The van der Waals surface area contributed by atoms with Crippen molar-refractivity contribution in [2.24, 2.45) is 5.92 Å². The zero-order valence-electron chi connectivity index (χ0n) is 13.3. The molecule has 23 heavy (non-hydrogen) atoms. The second-order valence-corrected chi connectivity index (χ2v) is 5.98. The summed E-state index contributed by atoms with van der Waals surface area (Å²) in [7, 11) is 0. The Morgan fingerprint density at radius 2 is 2.09 bits per heavy atom. The lowest BCUT2D eigenvalue weighted by molar-refractivity contribution is -0.138. The van der Waals surface area contributed by atoms with E-state index >= 15 is 0 Å². The molecular formula is C17H23F3N2O. The van der Waals surface area contributed by atoms with Crippen molar-refractivity contribution in [3.8, 4) is 0 Å². The highest BCUT2D eigenvalue weighted by atomic mass is 19.4. The Morgan fingerprint density at radius 3 is 2.78 bits per heavy atom. The molecule has 1 fully saturated rings. The summed E-state index contributed by atoms with van der Waals surface area (Å²) in [5, 5.41) is 2.78. The van der Waals surface area contributed by atoms with Gasteiger partial charge >= 0.3 is 12.2 Å². The van der Waals surface area contributed by atoms with Crippen LogP contribution in [0.3, 0.4) is 0 Å². The van der Waals surface area contributed by atoms with Gasteiger partial charge in [-0.2, -0.15) is 13.2 Å². The smallest absolute Gasteiger partial charge is 0.338 e. The van der Waals surface area contributed by atoms with Crippen LogP contribution in [0.5, 0.6) is 0 Å². The van der Waals surface area contributed by atoms with E-state index in [0.29, 0.717) is 31.5 Å². The molecule has 0 aliphatic carbocycles. The molecule has 1 saturated heterocycles. The fraction of sp³-hybridized carbons (Fsp3) is 0.588. The molecule has 2 amide bonds. The van der Waals surface area contributed by atoms with E-state index in [1.807, 2.05) is 6.92 Å². The second kappa shape index (κ2) is 7.70. The number of hydrogen-bond acceptors (Lipinski definition) is 1. The Labute approximate surface area is 134 Å². The van der Waals surface area contributed by atoms with Crippen molar-refractivity contribution in [3.05, 3.63) is 35.4 Å². The van der Waals surface area contributed by atoms with Crippen LogP contribution >= 0.6 is 0 Å². The standard InChI is InChI=1S/C17H23F3N2O/c1-2-21-16(23)22-11-5-6-13(12-22)9-10-14-7-3-4-8-15(14)17(18,19)20/h3-4,7-8,13H,2,5-6,9-12H2,1H3,(H,21,23). The number of halogens is 3. The number of likely N-dealkylation sites (tertiary alicyclic amines) is 1. The van der Waals surface area contributed by atoms with Crippen molar-refractivity contribution in [1.82, 2.24) is 10.2 Å². The third-order valence-electron chi connectivity index (χ3n) is 4.28. The number of hydrogen-bond donors (Lipinski definition) is 1. The fourth-order valence-electron chi connectivity index (χ4n) is 3.12. The predicted molar refractivity (Wildman–Crippen MR) is 83.1 cm³/mol. The first kappa shape index (κ1) is 17.6. The number of rotatable bonds is 4. The molecule has 1 aliphatic heterocycles. The summed E-state index contributed by atoms with van der Waals surface area (Å²) in [6.45, 7) is 3.80. The third-order valence-corrected chi connectivity index (χ3v) is 4.28.